The third kappa shape index (κ3) is 5.08. The Bertz CT molecular complexity index is 1130. The number of amidine groups is 1. The van der Waals surface area contributed by atoms with Crippen molar-refractivity contribution in [2.24, 2.45) is 10.5 Å². The number of aromatic amines is 1. The predicted molar refractivity (Wildman–Crippen MR) is 117 cm³/mol. The Morgan fingerprint density at radius 3 is 2.23 bits per heavy atom. The highest BCUT2D eigenvalue weighted by molar-refractivity contribution is 7.42. The maximum atomic E-state index is 12.4. The van der Waals surface area contributed by atoms with Gasteiger partial charge in [0.2, 0.25) is 8.53 Å². The first-order chi connectivity index (χ1) is 14.4. The van der Waals surface area contributed by atoms with Crippen LogP contribution in [0.1, 0.15) is 22.7 Å². The molecule has 156 valence electrons. The van der Waals surface area contributed by atoms with Gasteiger partial charge in [-0.2, -0.15) is 0 Å². The SMILES string of the molecule is Cc1cn(N2CC(c3ccccc3)N=C2c2ccccc2)c(=O)[nH]c1=O.NP(O)O. The highest BCUT2D eigenvalue weighted by Gasteiger charge is 2.29. The van der Waals surface area contributed by atoms with Gasteiger partial charge in [0, 0.05) is 17.3 Å². The molecule has 5 N–H and O–H groups in total. The summed E-state index contributed by atoms with van der Waals surface area (Å²) in [6.45, 7) is 2.19. The van der Waals surface area contributed by atoms with E-state index in [2.05, 4.69) is 10.5 Å². The number of rotatable bonds is 3. The lowest BCUT2D eigenvalue weighted by molar-refractivity contribution is 0.485. The Hall–Kier alpha value is -3.10. The van der Waals surface area contributed by atoms with Gasteiger partial charge in [-0.1, -0.05) is 60.7 Å². The standard InChI is InChI=1S/C20H18N4O2.H4NO2P/c1-14-12-24(20(26)22-19(14)25)23-13-17(15-8-4-2-5-9-15)21-18(23)16-10-6-3-7-11-16;1-4(2)3/h2-12,17H,13H2,1H3,(H,22,25,26);2-3H,1H2. The molecule has 0 spiro atoms. The summed E-state index contributed by atoms with van der Waals surface area (Å²) in [5.41, 5.74) is 5.91. The van der Waals surface area contributed by atoms with Crippen molar-refractivity contribution in [3.05, 3.63) is 104 Å². The Morgan fingerprint density at radius 2 is 1.63 bits per heavy atom. The number of aliphatic imine (C=N–C) groups is 1. The highest BCUT2D eigenvalue weighted by Crippen LogP contribution is 2.26. The minimum Gasteiger partial charge on any atom is -0.338 e. The van der Waals surface area contributed by atoms with Crippen LogP contribution in [-0.2, 0) is 0 Å². The van der Waals surface area contributed by atoms with Crippen molar-refractivity contribution < 1.29 is 9.79 Å². The van der Waals surface area contributed by atoms with E-state index in [1.165, 1.54) is 4.68 Å². The molecule has 10 heteroatoms. The molecule has 1 unspecified atom stereocenters. The molecule has 1 aromatic heterocycles. The third-order valence-electron chi connectivity index (χ3n) is 4.45. The van der Waals surface area contributed by atoms with E-state index in [1.807, 2.05) is 65.7 Å². The molecule has 1 atom stereocenters. The summed E-state index contributed by atoms with van der Waals surface area (Å²) in [5.74, 6) is 0.702. The van der Waals surface area contributed by atoms with Crippen molar-refractivity contribution in [1.29, 1.82) is 0 Å². The van der Waals surface area contributed by atoms with Gasteiger partial charge in [-0.15, -0.1) is 0 Å². The van der Waals surface area contributed by atoms with Gasteiger partial charge in [0.05, 0.1) is 12.6 Å². The van der Waals surface area contributed by atoms with Gasteiger partial charge >= 0.3 is 5.69 Å². The van der Waals surface area contributed by atoms with Gasteiger partial charge in [-0.3, -0.25) is 25.3 Å². The second-order valence-electron chi connectivity index (χ2n) is 6.56. The quantitative estimate of drug-likeness (QED) is 0.463. The number of nitrogens with two attached hydrogens (primary N) is 1. The first-order valence-corrected chi connectivity index (χ1v) is 10.4. The zero-order chi connectivity index (χ0) is 21.7. The van der Waals surface area contributed by atoms with Crippen molar-refractivity contribution in [3.63, 3.8) is 0 Å². The fraction of sp³-hybridized carbons (Fsp3) is 0.150. The van der Waals surface area contributed by atoms with E-state index in [0.717, 1.165) is 11.1 Å². The maximum Gasteiger partial charge on any atom is 0.347 e. The van der Waals surface area contributed by atoms with E-state index >= 15 is 0 Å². The van der Waals surface area contributed by atoms with Gasteiger partial charge in [0.15, 0.2) is 5.84 Å². The predicted octanol–water partition coefficient (Wildman–Crippen LogP) is 1.14. The summed E-state index contributed by atoms with van der Waals surface area (Å²) in [5, 5.41) is 1.82. The molecule has 0 radical (unpaired) electrons. The van der Waals surface area contributed by atoms with Gasteiger partial charge < -0.3 is 9.79 Å². The van der Waals surface area contributed by atoms with E-state index in [4.69, 9.17) is 14.8 Å². The molecular weight excluding hydrogens is 405 g/mol. The average Bonchev–Trinajstić information content (AvgIpc) is 3.17. The molecule has 30 heavy (non-hydrogen) atoms. The largest absolute Gasteiger partial charge is 0.347 e. The van der Waals surface area contributed by atoms with Crippen LogP contribution >= 0.6 is 8.53 Å². The summed E-state index contributed by atoms with van der Waals surface area (Å²) < 4.78 is 1.44. The van der Waals surface area contributed by atoms with Crippen LogP contribution in [0.25, 0.3) is 0 Å². The van der Waals surface area contributed by atoms with Crippen LogP contribution in [0.2, 0.25) is 0 Å². The molecule has 0 aliphatic carbocycles. The first kappa shape index (κ1) is 21.6. The van der Waals surface area contributed by atoms with E-state index in [9.17, 15) is 9.59 Å². The Labute approximate surface area is 173 Å². The average molecular weight is 427 g/mol. The fourth-order valence-electron chi connectivity index (χ4n) is 3.09. The second-order valence-corrected chi connectivity index (χ2v) is 7.20. The summed E-state index contributed by atoms with van der Waals surface area (Å²) in [7, 11) is -2.12. The Morgan fingerprint density at radius 1 is 1.07 bits per heavy atom. The maximum absolute atomic E-state index is 12.4. The number of aryl methyl sites for hydroxylation is 1. The highest BCUT2D eigenvalue weighted by atomic mass is 31.2. The number of benzene rings is 2. The normalized spacial score (nSPS) is 15.6. The first-order valence-electron chi connectivity index (χ1n) is 9.08. The molecule has 2 heterocycles. The third-order valence-corrected chi connectivity index (χ3v) is 4.45. The summed E-state index contributed by atoms with van der Waals surface area (Å²) in [6.07, 6.45) is 1.56. The van der Waals surface area contributed by atoms with Crippen molar-refractivity contribution in [2.75, 3.05) is 11.6 Å². The van der Waals surface area contributed by atoms with Gasteiger partial charge in [0.1, 0.15) is 0 Å². The van der Waals surface area contributed by atoms with Crippen LogP contribution in [0.3, 0.4) is 0 Å². The molecule has 0 fully saturated rings. The molecule has 1 aliphatic heterocycles. The summed E-state index contributed by atoms with van der Waals surface area (Å²) in [6, 6.07) is 19.6. The number of hydrogen-bond donors (Lipinski definition) is 4. The molecule has 3 aromatic rings. The molecule has 9 nitrogen and oxygen atoms in total. The lowest BCUT2D eigenvalue weighted by atomic mass is 10.1. The van der Waals surface area contributed by atoms with Gasteiger partial charge in [-0.25, -0.2) is 9.47 Å². The van der Waals surface area contributed by atoms with Crippen LogP contribution in [0.4, 0.5) is 0 Å². The van der Waals surface area contributed by atoms with E-state index in [-0.39, 0.29) is 11.6 Å². The van der Waals surface area contributed by atoms with Gasteiger partial charge in [-0.05, 0) is 12.5 Å². The van der Waals surface area contributed by atoms with Crippen LogP contribution in [0.5, 0.6) is 0 Å². The zero-order valence-corrected chi connectivity index (χ0v) is 17.1. The molecule has 0 bridgehead atoms. The minimum absolute atomic E-state index is 0.0921. The van der Waals surface area contributed by atoms with Crippen LogP contribution in [0, 0.1) is 6.92 Å². The van der Waals surface area contributed by atoms with Crippen LogP contribution < -0.4 is 21.8 Å². The molecule has 1 aliphatic rings. The Kier molecular flexibility index (Phi) is 6.91. The van der Waals surface area contributed by atoms with Crippen molar-refractivity contribution in [3.8, 4) is 0 Å². The summed E-state index contributed by atoms with van der Waals surface area (Å²) >= 11 is 0. The molecule has 0 saturated carbocycles. The van der Waals surface area contributed by atoms with Crippen molar-refractivity contribution in [1.82, 2.24) is 9.66 Å². The van der Waals surface area contributed by atoms with Gasteiger partial charge in [0.25, 0.3) is 5.56 Å². The number of nitrogens with zero attached hydrogens (tertiary/aromatic N) is 3. The van der Waals surface area contributed by atoms with Crippen molar-refractivity contribution >= 4 is 14.4 Å². The Balaban J connectivity index is 0.000000589. The summed E-state index contributed by atoms with van der Waals surface area (Å²) in [4.78, 5) is 46.3. The zero-order valence-electron chi connectivity index (χ0n) is 16.2. The molecule has 0 saturated heterocycles. The molecule has 0 amide bonds. The number of hydrogen-bond acceptors (Lipinski definition) is 7. The van der Waals surface area contributed by atoms with Crippen molar-refractivity contribution in [2.45, 2.75) is 13.0 Å². The minimum atomic E-state index is -2.12. The topological polar surface area (TPSA) is 137 Å². The van der Waals surface area contributed by atoms with E-state index in [1.54, 1.807) is 13.1 Å². The molecular formula is C20H22N5O4P. The van der Waals surface area contributed by atoms with E-state index < -0.39 is 14.2 Å². The van der Waals surface area contributed by atoms with E-state index in [0.29, 0.717) is 17.9 Å². The lowest BCUT2D eigenvalue weighted by Gasteiger charge is -2.23. The van der Waals surface area contributed by atoms with Crippen LogP contribution in [-0.4, -0.2) is 31.8 Å². The van der Waals surface area contributed by atoms with Crippen LogP contribution in [0.15, 0.2) is 81.4 Å². The molecule has 2 aromatic carbocycles. The number of H-pyrrole nitrogens is 1. The lowest BCUT2D eigenvalue weighted by Crippen LogP contribution is -2.47. The monoisotopic (exact) mass is 427 g/mol. The number of aromatic nitrogens is 2. The number of nitrogens with one attached hydrogen (secondary N) is 1. The smallest absolute Gasteiger partial charge is 0.338 e. The molecule has 4 rings (SSSR count). The second kappa shape index (κ2) is 9.60. The fourth-order valence-corrected chi connectivity index (χ4v) is 3.09.